The molecule has 0 radical (unpaired) electrons. The number of fused-ring (bicyclic) bond motifs is 1. The summed E-state index contributed by atoms with van der Waals surface area (Å²) in [6.07, 6.45) is 1.92. The standard InChI is InChI=1S/C19H22Cl2N6O/c1-19(10-22)6-8-27(9-7-19)18-23-16-13(17(28)26(18)2)15(24-25-16)11-4-3-5-12(20)14(11)21/h3-5H,6-10,22H2,1-2H3,(H,24,25). The van der Waals surface area contributed by atoms with Crippen molar-refractivity contribution in [3.05, 3.63) is 38.6 Å². The molecule has 0 bridgehead atoms. The maximum atomic E-state index is 13.2. The molecular formula is C19H22Cl2N6O. The van der Waals surface area contributed by atoms with E-state index in [0.29, 0.717) is 44.8 Å². The molecule has 9 heteroatoms. The molecule has 1 saturated heterocycles. The smallest absolute Gasteiger partial charge is 0.266 e. The van der Waals surface area contributed by atoms with Crippen LogP contribution in [-0.2, 0) is 7.05 Å². The highest BCUT2D eigenvalue weighted by Crippen LogP contribution is 2.35. The average molecular weight is 421 g/mol. The maximum absolute atomic E-state index is 13.2. The third-order valence-corrected chi connectivity index (χ3v) is 6.55. The summed E-state index contributed by atoms with van der Waals surface area (Å²) >= 11 is 12.5. The van der Waals surface area contributed by atoms with Crippen molar-refractivity contribution >= 4 is 40.2 Å². The molecule has 3 heterocycles. The van der Waals surface area contributed by atoms with Crippen LogP contribution in [0.3, 0.4) is 0 Å². The number of piperidine rings is 1. The Kier molecular flexibility index (Phi) is 4.85. The summed E-state index contributed by atoms with van der Waals surface area (Å²) in [6.45, 7) is 4.48. The Morgan fingerprint density at radius 3 is 2.68 bits per heavy atom. The summed E-state index contributed by atoms with van der Waals surface area (Å²) < 4.78 is 1.57. The lowest BCUT2D eigenvalue weighted by molar-refractivity contribution is 0.256. The monoisotopic (exact) mass is 420 g/mol. The van der Waals surface area contributed by atoms with Crippen LogP contribution in [-0.4, -0.2) is 39.4 Å². The van der Waals surface area contributed by atoms with Crippen molar-refractivity contribution in [2.75, 3.05) is 24.5 Å². The summed E-state index contributed by atoms with van der Waals surface area (Å²) in [6, 6.07) is 5.26. The molecule has 0 atom stereocenters. The second-order valence-electron chi connectivity index (χ2n) is 7.68. The van der Waals surface area contributed by atoms with E-state index in [0.717, 1.165) is 25.9 Å². The van der Waals surface area contributed by atoms with Gasteiger partial charge >= 0.3 is 0 Å². The fourth-order valence-electron chi connectivity index (χ4n) is 3.66. The van der Waals surface area contributed by atoms with Crippen LogP contribution in [0.1, 0.15) is 19.8 Å². The molecule has 148 valence electrons. The van der Waals surface area contributed by atoms with Crippen LogP contribution in [0, 0.1) is 5.41 Å². The minimum absolute atomic E-state index is 0.143. The van der Waals surface area contributed by atoms with E-state index in [-0.39, 0.29) is 11.0 Å². The van der Waals surface area contributed by atoms with Crippen LogP contribution < -0.4 is 16.2 Å². The van der Waals surface area contributed by atoms with E-state index < -0.39 is 0 Å². The first-order valence-corrected chi connectivity index (χ1v) is 9.95. The van der Waals surface area contributed by atoms with Crippen LogP contribution in [0.2, 0.25) is 10.0 Å². The Hall–Kier alpha value is -2.09. The van der Waals surface area contributed by atoms with E-state index in [9.17, 15) is 4.79 Å². The first kappa shape index (κ1) is 19.2. The second kappa shape index (κ2) is 7.06. The molecule has 2 aromatic heterocycles. The van der Waals surface area contributed by atoms with Crippen molar-refractivity contribution in [1.82, 2.24) is 19.7 Å². The lowest BCUT2D eigenvalue weighted by Gasteiger charge is -2.39. The van der Waals surface area contributed by atoms with Crippen LogP contribution in [0.25, 0.3) is 22.3 Å². The van der Waals surface area contributed by atoms with Crippen LogP contribution in [0.15, 0.2) is 23.0 Å². The van der Waals surface area contributed by atoms with E-state index in [1.807, 2.05) is 0 Å². The van der Waals surface area contributed by atoms with Crippen LogP contribution in [0.5, 0.6) is 0 Å². The van der Waals surface area contributed by atoms with E-state index in [1.54, 1.807) is 29.8 Å². The minimum atomic E-state index is -0.174. The zero-order valence-electron chi connectivity index (χ0n) is 15.8. The number of aromatic amines is 1. The quantitative estimate of drug-likeness (QED) is 0.678. The topological polar surface area (TPSA) is 92.8 Å². The molecule has 0 unspecified atom stereocenters. The highest BCUT2D eigenvalue weighted by molar-refractivity contribution is 6.43. The van der Waals surface area contributed by atoms with Gasteiger partial charge in [0.15, 0.2) is 5.65 Å². The van der Waals surface area contributed by atoms with Gasteiger partial charge in [-0.25, -0.2) is 0 Å². The first-order chi connectivity index (χ1) is 13.3. The van der Waals surface area contributed by atoms with E-state index in [1.165, 1.54) is 0 Å². The molecule has 1 aromatic carbocycles. The van der Waals surface area contributed by atoms with Crippen molar-refractivity contribution in [2.45, 2.75) is 19.8 Å². The summed E-state index contributed by atoms with van der Waals surface area (Å²) in [5, 5.41) is 8.37. The molecule has 3 aromatic rings. The maximum Gasteiger partial charge on any atom is 0.266 e. The van der Waals surface area contributed by atoms with Crippen molar-refractivity contribution < 1.29 is 0 Å². The highest BCUT2D eigenvalue weighted by Gasteiger charge is 2.30. The molecule has 4 rings (SSSR count). The third kappa shape index (κ3) is 3.07. The Labute approximate surface area is 172 Å². The molecule has 0 aliphatic carbocycles. The number of nitrogens with two attached hydrogens (primary N) is 1. The molecule has 3 N–H and O–H groups in total. The number of benzene rings is 1. The van der Waals surface area contributed by atoms with Crippen molar-refractivity contribution in [3.63, 3.8) is 0 Å². The lowest BCUT2D eigenvalue weighted by Crippen LogP contribution is -2.44. The van der Waals surface area contributed by atoms with Crippen molar-refractivity contribution in [2.24, 2.45) is 18.2 Å². The Morgan fingerprint density at radius 1 is 1.29 bits per heavy atom. The molecule has 0 amide bonds. The SMILES string of the molecule is Cn1c(N2CCC(C)(CN)CC2)nc2[nH]nc(-c3cccc(Cl)c3Cl)c2c1=O. The second-order valence-corrected chi connectivity index (χ2v) is 8.46. The Bertz CT molecular complexity index is 1100. The van der Waals surface area contributed by atoms with E-state index in [4.69, 9.17) is 33.9 Å². The summed E-state index contributed by atoms with van der Waals surface area (Å²) in [4.78, 5) is 20.0. The molecule has 1 fully saturated rings. The summed E-state index contributed by atoms with van der Waals surface area (Å²) in [7, 11) is 1.73. The van der Waals surface area contributed by atoms with E-state index >= 15 is 0 Å². The number of nitrogens with zero attached hydrogens (tertiary/aromatic N) is 4. The lowest BCUT2D eigenvalue weighted by atomic mass is 9.81. The van der Waals surface area contributed by atoms with Gasteiger partial charge in [0, 0.05) is 25.7 Å². The third-order valence-electron chi connectivity index (χ3n) is 5.73. The van der Waals surface area contributed by atoms with Crippen molar-refractivity contribution in [3.8, 4) is 11.3 Å². The molecule has 1 aliphatic rings. The van der Waals surface area contributed by atoms with Gasteiger partial charge in [0.05, 0.1) is 10.0 Å². The zero-order chi connectivity index (χ0) is 20.1. The Morgan fingerprint density at radius 2 is 2.00 bits per heavy atom. The molecule has 0 spiro atoms. The fourth-order valence-corrected chi connectivity index (χ4v) is 4.05. The number of rotatable bonds is 3. The number of halogens is 2. The van der Waals surface area contributed by atoms with Crippen LogP contribution in [0.4, 0.5) is 5.95 Å². The normalized spacial score (nSPS) is 16.7. The van der Waals surface area contributed by atoms with Gasteiger partial charge in [0.25, 0.3) is 5.56 Å². The van der Waals surface area contributed by atoms with Crippen molar-refractivity contribution in [1.29, 1.82) is 0 Å². The fraction of sp³-hybridized carbons (Fsp3) is 0.421. The molecular weight excluding hydrogens is 399 g/mol. The highest BCUT2D eigenvalue weighted by atomic mass is 35.5. The van der Waals surface area contributed by atoms with Gasteiger partial charge in [-0.05, 0) is 30.9 Å². The molecule has 7 nitrogen and oxygen atoms in total. The molecule has 0 saturated carbocycles. The molecule has 28 heavy (non-hydrogen) atoms. The van der Waals surface area contributed by atoms with Crippen LogP contribution >= 0.6 is 23.2 Å². The minimum Gasteiger partial charge on any atom is -0.342 e. The van der Waals surface area contributed by atoms with Gasteiger partial charge < -0.3 is 10.6 Å². The van der Waals surface area contributed by atoms with Gasteiger partial charge in [-0.1, -0.05) is 42.3 Å². The zero-order valence-corrected chi connectivity index (χ0v) is 17.3. The summed E-state index contributed by atoms with van der Waals surface area (Å²) in [5.74, 6) is 0.629. The number of aromatic nitrogens is 4. The largest absolute Gasteiger partial charge is 0.342 e. The first-order valence-electron chi connectivity index (χ1n) is 9.19. The Balaban J connectivity index is 1.79. The molecule has 1 aliphatic heterocycles. The van der Waals surface area contributed by atoms with Gasteiger partial charge in [-0.15, -0.1) is 0 Å². The summed E-state index contributed by atoms with van der Waals surface area (Å²) in [5.41, 5.74) is 7.37. The number of hydrogen-bond donors (Lipinski definition) is 2. The van der Waals surface area contributed by atoms with Gasteiger partial charge in [-0.3, -0.25) is 14.5 Å². The van der Waals surface area contributed by atoms with Gasteiger partial charge in [0.1, 0.15) is 11.1 Å². The predicted molar refractivity (Wildman–Crippen MR) is 113 cm³/mol. The van der Waals surface area contributed by atoms with Gasteiger partial charge in [0.2, 0.25) is 5.95 Å². The number of nitrogens with one attached hydrogen (secondary N) is 1. The predicted octanol–water partition coefficient (Wildman–Crippen LogP) is 3.20. The number of H-pyrrole nitrogens is 1. The number of anilines is 1. The van der Waals surface area contributed by atoms with E-state index in [2.05, 4.69) is 22.0 Å². The average Bonchev–Trinajstić information content (AvgIpc) is 3.11. The number of hydrogen-bond acceptors (Lipinski definition) is 5. The van der Waals surface area contributed by atoms with Gasteiger partial charge in [-0.2, -0.15) is 10.1 Å².